The first-order valence-corrected chi connectivity index (χ1v) is 10.1. The Hall–Kier alpha value is -3.25. The lowest BCUT2D eigenvalue weighted by Crippen LogP contribution is -2.32. The summed E-state index contributed by atoms with van der Waals surface area (Å²) in [6, 6.07) is 3.51. The Labute approximate surface area is 194 Å². The molecule has 2 atom stereocenters. The first kappa shape index (κ1) is 25.4. The normalized spacial score (nSPS) is 13.5. The van der Waals surface area contributed by atoms with Crippen LogP contribution in [0.1, 0.15) is 41.7 Å². The van der Waals surface area contributed by atoms with Crippen molar-refractivity contribution in [3.05, 3.63) is 58.0 Å². The van der Waals surface area contributed by atoms with Gasteiger partial charge >= 0.3 is 6.18 Å². The number of aryl methyl sites for hydroxylation is 1. The SMILES string of the molecule is Cc1[nH]nc(Cl)c1NC(=O)c1cc(F)c(-c2ccc(F)c([C@@H](C)O)n2)cc1O[C@@H](C)C(F)(F)F. The Morgan fingerprint density at radius 3 is 2.44 bits per heavy atom. The summed E-state index contributed by atoms with van der Waals surface area (Å²) in [4.78, 5) is 16.7. The maximum Gasteiger partial charge on any atom is 0.425 e. The van der Waals surface area contributed by atoms with Crippen molar-refractivity contribution in [2.75, 3.05) is 5.32 Å². The molecule has 0 aliphatic rings. The van der Waals surface area contributed by atoms with Gasteiger partial charge in [-0.05, 0) is 45.0 Å². The Bertz CT molecular complexity index is 1210. The van der Waals surface area contributed by atoms with Gasteiger partial charge < -0.3 is 15.2 Å². The van der Waals surface area contributed by atoms with Gasteiger partial charge in [0.25, 0.3) is 5.91 Å². The molecule has 3 aromatic rings. The number of nitrogens with one attached hydrogen (secondary N) is 2. The van der Waals surface area contributed by atoms with E-state index in [1.165, 1.54) is 13.8 Å². The van der Waals surface area contributed by atoms with Gasteiger partial charge in [0.15, 0.2) is 11.3 Å². The number of carbonyl (C=O) groups excluding carboxylic acids is 1. The number of anilines is 1. The highest BCUT2D eigenvalue weighted by Crippen LogP contribution is 2.34. The molecular formula is C21H18ClF5N4O3. The zero-order valence-corrected chi connectivity index (χ0v) is 18.6. The lowest BCUT2D eigenvalue weighted by molar-refractivity contribution is -0.189. The molecule has 3 N–H and O–H groups in total. The van der Waals surface area contributed by atoms with Gasteiger partial charge in [0, 0.05) is 5.56 Å². The maximum absolute atomic E-state index is 15.0. The number of aromatic amines is 1. The van der Waals surface area contributed by atoms with E-state index >= 15 is 4.39 Å². The second kappa shape index (κ2) is 9.55. The summed E-state index contributed by atoms with van der Waals surface area (Å²) >= 11 is 5.88. The molecule has 0 aliphatic carbocycles. The number of aromatic nitrogens is 3. The summed E-state index contributed by atoms with van der Waals surface area (Å²) in [5.41, 5.74) is -1.13. The van der Waals surface area contributed by atoms with Gasteiger partial charge in [-0.3, -0.25) is 9.89 Å². The fourth-order valence-corrected chi connectivity index (χ4v) is 3.14. The van der Waals surface area contributed by atoms with E-state index in [0.29, 0.717) is 18.7 Å². The van der Waals surface area contributed by atoms with Crippen molar-refractivity contribution < 1.29 is 36.6 Å². The molecule has 2 heterocycles. The third-order valence-electron chi connectivity index (χ3n) is 4.76. The fourth-order valence-electron chi connectivity index (χ4n) is 2.91. The van der Waals surface area contributed by atoms with E-state index in [-0.39, 0.29) is 22.1 Å². The van der Waals surface area contributed by atoms with E-state index in [1.807, 2.05) is 0 Å². The fraction of sp³-hybridized carbons (Fsp3) is 0.286. The van der Waals surface area contributed by atoms with Gasteiger partial charge in [-0.2, -0.15) is 18.3 Å². The molecule has 0 spiro atoms. The zero-order valence-electron chi connectivity index (χ0n) is 17.9. The number of benzene rings is 1. The second-order valence-corrected chi connectivity index (χ2v) is 7.70. The predicted octanol–water partition coefficient (Wildman–Crippen LogP) is 5.35. The van der Waals surface area contributed by atoms with Crippen LogP contribution >= 0.6 is 11.6 Å². The van der Waals surface area contributed by atoms with Crippen LogP contribution in [0.25, 0.3) is 11.3 Å². The number of carbonyl (C=O) groups is 1. The first-order chi connectivity index (χ1) is 15.8. The number of hydrogen-bond acceptors (Lipinski definition) is 5. The van der Waals surface area contributed by atoms with Crippen LogP contribution in [-0.4, -0.2) is 38.5 Å². The van der Waals surface area contributed by atoms with Crippen LogP contribution in [0, 0.1) is 18.6 Å². The number of pyridine rings is 1. The minimum atomic E-state index is -4.79. The van der Waals surface area contributed by atoms with E-state index in [1.54, 1.807) is 0 Å². The molecule has 0 saturated carbocycles. The van der Waals surface area contributed by atoms with Crippen molar-refractivity contribution in [3.8, 4) is 17.0 Å². The number of rotatable bonds is 6. The van der Waals surface area contributed by atoms with Crippen LogP contribution in [0.5, 0.6) is 5.75 Å². The summed E-state index contributed by atoms with van der Waals surface area (Å²) < 4.78 is 73.4. The number of nitrogens with zero attached hydrogens (tertiary/aromatic N) is 2. The molecule has 0 bridgehead atoms. The third-order valence-corrected chi connectivity index (χ3v) is 5.04. The molecule has 2 aromatic heterocycles. The monoisotopic (exact) mass is 504 g/mol. The molecule has 182 valence electrons. The van der Waals surface area contributed by atoms with Gasteiger partial charge in [-0.15, -0.1) is 0 Å². The Morgan fingerprint density at radius 1 is 1.21 bits per heavy atom. The summed E-state index contributed by atoms with van der Waals surface area (Å²) in [6.07, 6.45) is -8.48. The van der Waals surface area contributed by atoms with E-state index < -0.39 is 52.9 Å². The molecule has 0 radical (unpaired) electrons. The molecule has 13 heteroatoms. The summed E-state index contributed by atoms with van der Waals surface area (Å²) in [5.74, 6) is -3.54. The average molecular weight is 505 g/mol. The Morgan fingerprint density at radius 2 is 1.88 bits per heavy atom. The molecule has 0 saturated heterocycles. The van der Waals surface area contributed by atoms with Gasteiger partial charge in [0.2, 0.25) is 0 Å². The first-order valence-electron chi connectivity index (χ1n) is 9.73. The van der Waals surface area contributed by atoms with E-state index in [2.05, 4.69) is 20.5 Å². The van der Waals surface area contributed by atoms with Gasteiger partial charge in [0.1, 0.15) is 28.8 Å². The molecule has 34 heavy (non-hydrogen) atoms. The van der Waals surface area contributed by atoms with Crippen molar-refractivity contribution >= 4 is 23.2 Å². The van der Waals surface area contributed by atoms with Crippen molar-refractivity contribution in [2.24, 2.45) is 0 Å². The van der Waals surface area contributed by atoms with Crippen LogP contribution in [0.2, 0.25) is 5.15 Å². The van der Waals surface area contributed by atoms with Crippen LogP contribution in [0.15, 0.2) is 24.3 Å². The number of ether oxygens (including phenoxy) is 1. The number of aliphatic hydroxyl groups is 1. The topological polar surface area (TPSA) is 100 Å². The molecule has 0 aliphatic heterocycles. The van der Waals surface area contributed by atoms with E-state index in [4.69, 9.17) is 16.3 Å². The number of H-pyrrole nitrogens is 1. The van der Waals surface area contributed by atoms with Gasteiger partial charge in [-0.25, -0.2) is 13.8 Å². The van der Waals surface area contributed by atoms with Gasteiger partial charge in [-0.1, -0.05) is 11.6 Å². The van der Waals surface area contributed by atoms with E-state index in [9.17, 15) is 27.5 Å². The summed E-state index contributed by atoms with van der Waals surface area (Å²) in [7, 11) is 0. The summed E-state index contributed by atoms with van der Waals surface area (Å²) in [6.45, 7) is 3.48. The maximum atomic E-state index is 15.0. The zero-order chi connectivity index (χ0) is 25.4. The third kappa shape index (κ3) is 5.28. The lowest BCUT2D eigenvalue weighted by atomic mass is 10.0. The van der Waals surface area contributed by atoms with Crippen LogP contribution in [-0.2, 0) is 0 Å². The Balaban J connectivity index is 2.12. The van der Waals surface area contributed by atoms with E-state index in [0.717, 1.165) is 18.2 Å². The number of alkyl halides is 3. The molecule has 7 nitrogen and oxygen atoms in total. The van der Waals surface area contributed by atoms with Crippen molar-refractivity contribution in [1.82, 2.24) is 15.2 Å². The van der Waals surface area contributed by atoms with Crippen molar-refractivity contribution in [2.45, 2.75) is 39.2 Å². The molecule has 1 aromatic carbocycles. The predicted molar refractivity (Wildman–Crippen MR) is 113 cm³/mol. The highest BCUT2D eigenvalue weighted by atomic mass is 35.5. The minimum Gasteiger partial charge on any atom is -0.480 e. The lowest BCUT2D eigenvalue weighted by Gasteiger charge is -2.20. The number of aliphatic hydroxyl groups excluding tert-OH is 1. The highest BCUT2D eigenvalue weighted by molar-refractivity contribution is 6.33. The van der Waals surface area contributed by atoms with Crippen LogP contribution in [0.3, 0.4) is 0 Å². The average Bonchev–Trinajstić information content (AvgIpc) is 3.06. The van der Waals surface area contributed by atoms with Crippen molar-refractivity contribution in [1.29, 1.82) is 0 Å². The number of amides is 1. The second-order valence-electron chi connectivity index (χ2n) is 7.34. The highest BCUT2D eigenvalue weighted by Gasteiger charge is 2.39. The van der Waals surface area contributed by atoms with Crippen LogP contribution in [0.4, 0.5) is 27.6 Å². The number of halogens is 6. The number of hydrogen-bond donors (Lipinski definition) is 3. The molecular weight excluding hydrogens is 487 g/mol. The minimum absolute atomic E-state index is 0.0488. The molecule has 3 rings (SSSR count). The van der Waals surface area contributed by atoms with Crippen molar-refractivity contribution in [3.63, 3.8) is 0 Å². The van der Waals surface area contributed by atoms with Crippen LogP contribution < -0.4 is 10.1 Å². The molecule has 0 unspecified atom stereocenters. The molecule has 1 amide bonds. The molecule has 0 fully saturated rings. The smallest absolute Gasteiger partial charge is 0.425 e. The van der Waals surface area contributed by atoms with Gasteiger partial charge in [0.05, 0.1) is 23.1 Å². The summed E-state index contributed by atoms with van der Waals surface area (Å²) in [5, 5.41) is 18.1. The standard InChI is InChI=1S/C21H18ClF5N4O3/c1-8-17(19(22)31-30-8)29-20(33)12-6-14(24)11(7-16(12)34-10(3)21(25,26)27)15-5-4-13(23)18(28-15)9(2)32/h4-7,9-10,32H,1-3H3,(H,29,33)(H,30,31)/t9-,10+/m1/s1. The largest absolute Gasteiger partial charge is 0.480 e. The Kier molecular flexibility index (Phi) is 7.13. The quantitative estimate of drug-likeness (QED) is 0.393.